The number of anilines is 2. The van der Waals surface area contributed by atoms with E-state index in [0.717, 1.165) is 19.3 Å². The summed E-state index contributed by atoms with van der Waals surface area (Å²) in [6, 6.07) is 0. The van der Waals surface area contributed by atoms with Gasteiger partial charge in [-0.3, -0.25) is 9.59 Å². The lowest BCUT2D eigenvalue weighted by atomic mass is 10.0. The molecule has 0 bridgehead atoms. The quantitative estimate of drug-likeness (QED) is 0.819. The Labute approximate surface area is 113 Å². The van der Waals surface area contributed by atoms with Crippen LogP contribution in [0.25, 0.3) is 0 Å². The standard InChI is InChI=1S/C13H22N4O2/c1-5-6-7-9(2)12(18)16-10-11(17(3)4)14-8-15-13(10)19/h8-9H,5-7H2,1-4H3,(H,16,18)(H,14,15,19). The molecule has 0 saturated carbocycles. The predicted octanol–water partition coefficient (Wildman–Crippen LogP) is 1.60. The Morgan fingerprint density at radius 2 is 2.21 bits per heavy atom. The van der Waals surface area contributed by atoms with Crippen molar-refractivity contribution < 1.29 is 4.79 Å². The van der Waals surface area contributed by atoms with Gasteiger partial charge in [-0.25, -0.2) is 4.98 Å². The van der Waals surface area contributed by atoms with Crippen LogP contribution in [0.15, 0.2) is 11.1 Å². The zero-order valence-electron chi connectivity index (χ0n) is 12.0. The van der Waals surface area contributed by atoms with Crippen LogP contribution in [-0.2, 0) is 4.79 Å². The van der Waals surface area contributed by atoms with Crippen LogP contribution < -0.4 is 15.8 Å². The molecule has 6 nitrogen and oxygen atoms in total. The highest BCUT2D eigenvalue weighted by Gasteiger charge is 2.17. The molecule has 0 aromatic carbocycles. The molecule has 106 valence electrons. The van der Waals surface area contributed by atoms with Crippen LogP contribution in [0.2, 0.25) is 0 Å². The number of aromatic nitrogens is 2. The van der Waals surface area contributed by atoms with Gasteiger partial charge >= 0.3 is 0 Å². The summed E-state index contributed by atoms with van der Waals surface area (Å²) in [6.07, 6.45) is 4.19. The molecule has 0 spiro atoms. The number of amides is 1. The number of rotatable bonds is 6. The summed E-state index contributed by atoms with van der Waals surface area (Å²) in [5.74, 6) is 0.199. The topological polar surface area (TPSA) is 78.1 Å². The van der Waals surface area contributed by atoms with Gasteiger partial charge in [-0.15, -0.1) is 0 Å². The second-order valence-corrected chi connectivity index (χ2v) is 4.86. The minimum atomic E-state index is -0.338. The lowest BCUT2D eigenvalue weighted by molar-refractivity contribution is -0.119. The SMILES string of the molecule is CCCCC(C)C(=O)Nc1c(N(C)C)nc[nH]c1=O. The van der Waals surface area contributed by atoms with Crippen molar-refractivity contribution in [3.63, 3.8) is 0 Å². The van der Waals surface area contributed by atoms with Gasteiger partial charge in [0, 0.05) is 20.0 Å². The van der Waals surface area contributed by atoms with E-state index in [2.05, 4.69) is 22.2 Å². The molecule has 2 N–H and O–H groups in total. The van der Waals surface area contributed by atoms with Crippen molar-refractivity contribution in [1.29, 1.82) is 0 Å². The Bertz CT molecular complexity index is 482. The van der Waals surface area contributed by atoms with Crippen molar-refractivity contribution in [2.45, 2.75) is 33.1 Å². The summed E-state index contributed by atoms with van der Waals surface area (Å²) in [7, 11) is 3.55. The number of H-pyrrole nitrogens is 1. The second kappa shape index (κ2) is 6.92. The van der Waals surface area contributed by atoms with Gasteiger partial charge in [0.2, 0.25) is 5.91 Å². The van der Waals surface area contributed by atoms with Gasteiger partial charge in [0.15, 0.2) is 11.5 Å². The smallest absolute Gasteiger partial charge is 0.276 e. The van der Waals surface area contributed by atoms with E-state index in [0.29, 0.717) is 5.82 Å². The number of carbonyl (C=O) groups is 1. The minimum absolute atomic E-state index is 0.116. The van der Waals surface area contributed by atoms with E-state index >= 15 is 0 Å². The number of carbonyl (C=O) groups excluding carboxylic acids is 1. The van der Waals surface area contributed by atoms with E-state index < -0.39 is 0 Å². The first-order valence-electron chi connectivity index (χ1n) is 6.53. The fourth-order valence-corrected chi connectivity index (χ4v) is 1.73. The summed E-state index contributed by atoms with van der Waals surface area (Å²) >= 11 is 0. The molecule has 0 aliphatic heterocycles. The van der Waals surface area contributed by atoms with Crippen LogP contribution in [0, 0.1) is 5.92 Å². The van der Waals surface area contributed by atoms with Gasteiger partial charge in [-0.1, -0.05) is 26.7 Å². The maximum Gasteiger partial charge on any atom is 0.276 e. The maximum atomic E-state index is 12.0. The van der Waals surface area contributed by atoms with E-state index in [4.69, 9.17) is 0 Å². The molecule has 0 saturated heterocycles. The van der Waals surface area contributed by atoms with Crippen molar-refractivity contribution >= 4 is 17.4 Å². The molecule has 19 heavy (non-hydrogen) atoms. The van der Waals surface area contributed by atoms with Crippen molar-refractivity contribution in [2.24, 2.45) is 5.92 Å². The molecule has 1 aromatic rings. The third kappa shape index (κ3) is 4.08. The third-order valence-corrected chi connectivity index (χ3v) is 2.94. The van der Waals surface area contributed by atoms with Crippen LogP contribution in [0.1, 0.15) is 33.1 Å². The molecule has 1 unspecified atom stereocenters. The number of aromatic amines is 1. The summed E-state index contributed by atoms with van der Waals surface area (Å²) in [4.78, 5) is 32.1. The van der Waals surface area contributed by atoms with Crippen LogP contribution in [-0.4, -0.2) is 30.0 Å². The average Bonchev–Trinajstić information content (AvgIpc) is 2.37. The highest BCUT2D eigenvalue weighted by atomic mass is 16.2. The van der Waals surface area contributed by atoms with Crippen molar-refractivity contribution in [2.75, 3.05) is 24.3 Å². The zero-order valence-corrected chi connectivity index (χ0v) is 12.0. The van der Waals surface area contributed by atoms with Gasteiger partial charge < -0.3 is 15.2 Å². The van der Waals surface area contributed by atoms with E-state index in [-0.39, 0.29) is 23.1 Å². The minimum Gasteiger partial charge on any atom is -0.361 e. The monoisotopic (exact) mass is 266 g/mol. The largest absolute Gasteiger partial charge is 0.361 e. The molecule has 1 atom stereocenters. The Kier molecular flexibility index (Phi) is 5.54. The highest BCUT2D eigenvalue weighted by Crippen LogP contribution is 2.17. The number of nitrogens with zero attached hydrogens (tertiary/aromatic N) is 2. The lowest BCUT2D eigenvalue weighted by Gasteiger charge is -2.17. The number of hydrogen-bond acceptors (Lipinski definition) is 4. The first-order chi connectivity index (χ1) is 8.97. The molecule has 0 fully saturated rings. The molecule has 1 aromatic heterocycles. The first kappa shape index (κ1) is 15.2. The third-order valence-electron chi connectivity index (χ3n) is 2.94. The molecule has 0 aliphatic rings. The fourth-order valence-electron chi connectivity index (χ4n) is 1.73. The summed E-state index contributed by atoms with van der Waals surface area (Å²) in [5, 5.41) is 2.68. The Morgan fingerprint density at radius 1 is 1.53 bits per heavy atom. The summed E-state index contributed by atoms with van der Waals surface area (Å²) in [5.41, 5.74) is -0.129. The second-order valence-electron chi connectivity index (χ2n) is 4.86. The number of unbranched alkanes of at least 4 members (excludes halogenated alkanes) is 1. The Balaban J connectivity index is 2.87. The Hall–Kier alpha value is -1.85. The average molecular weight is 266 g/mol. The van der Waals surface area contributed by atoms with E-state index in [1.807, 2.05) is 6.92 Å². The molecule has 6 heteroatoms. The fraction of sp³-hybridized carbons (Fsp3) is 0.615. The first-order valence-corrected chi connectivity index (χ1v) is 6.53. The summed E-state index contributed by atoms with van der Waals surface area (Å²) in [6.45, 7) is 3.95. The molecule has 1 amide bonds. The molecular formula is C13H22N4O2. The Morgan fingerprint density at radius 3 is 2.79 bits per heavy atom. The molecule has 1 heterocycles. The predicted molar refractivity (Wildman–Crippen MR) is 76.5 cm³/mol. The molecule has 0 radical (unpaired) electrons. The van der Waals surface area contributed by atoms with Gasteiger partial charge in [-0.2, -0.15) is 0 Å². The van der Waals surface area contributed by atoms with Crippen molar-refractivity contribution in [1.82, 2.24) is 9.97 Å². The van der Waals surface area contributed by atoms with Gasteiger partial charge in [0.1, 0.15) is 0 Å². The normalized spacial score (nSPS) is 12.0. The van der Waals surface area contributed by atoms with Gasteiger partial charge in [0.05, 0.1) is 6.33 Å². The van der Waals surface area contributed by atoms with Crippen molar-refractivity contribution in [3.8, 4) is 0 Å². The van der Waals surface area contributed by atoms with Crippen LogP contribution in [0.3, 0.4) is 0 Å². The van der Waals surface area contributed by atoms with Crippen LogP contribution in [0.5, 0.6) is 0 Å². The van der Waals surface area contributed by atoms with E-state index in [9.17, 15) is 9.59 Å². The molecule has 0 aliphatic carbocycles. The lowest BCUT2D eigenvalue weighted by Crippen LogP contribution is -2.28. The number of hydrogen-bond donors (Lipinski definition) is 2. The van der Waals surface area contributed by atoms with Gasteiger partial charge in [0.25, 0.3) is 5.56 Å². The van der Waals surface area contributed by atoms with E-state index in [1.165, 1.54) is 6.33 Å². The van der Waals surface area contributed by atoms with Crippen LogP contribution >= 0.6 is 0 Å². The zero-order chi connectivity index (χ0) is 14.4. The summed E-state index contributed by atoms with van der Waals surface area (Å²) < 4.78 is 0. The molecule has 1 rings (SSSR count). The van der Waals surface area contributed by atoms with E-state index in [1.54, 1.807) is 19.0 Å². The maximum absolute atomic E-state index is 12.0. The highest BCUT2D eigenvalue weighted by molar-refractivity contribution is 5.94. The number of nitrogens with one attached hydrogen (secondary N) is 2. The van der Waals surface area contributed by atoms with Crippen molar-refractivity contribution in [3.05, 3.63) is 16.7 Å². The van der Waals surface area contributed by atoms with Gasteiger partial charge in [-0.05, 0) is 6.42 Å². The molecular weight excluding hydrogens is 244 g/mol. The van der Waals surface area contributed by atoms with Crippen LogP contribution in [0.4, 0.5) is 11.5 Å².